The van der Waals surface area contributed by atoms with Gasteiger partial charge in [0.2, 0.25) is 0 Å². The molecule has 2 aromatic carbocycles. The summed E-state index contributed by atoms with van der Waals surface area (Å²) in [4.78, 5) is 12.7. The van der Waals surface area contributed by atoms with Crippen LogP contribution in [0, 0.1) is 6.92 Å². The van der Waals surface area contributed by atoms with E-state index in [2.05, 4.69) is 5.32 Å². The Hall–Kier alpha value is -2.20. The number of nitrogens with one attached hydrogen (secondary N) is 1. The number of hydrogen-bond donors (Lipinski definition) is 1. The predicted molar refractivity (Wildman–Crippen MR) is 103 cm³/mol. The summed E-state index contributed by atoms with van der Waals surface area (Å²) in [6.45, 7) is 7.82. The Kier molecular flexibility index (Phi) is 5.15. The summed E-state index contributed by atoms with van der Waals surface area (Å²) < 4.78 is 11.8. The molecule has 0 saturated carbocycles. The first-order valence-corrected chi connectivity index (χ1v) is 9.13. The smallest absolute Gasteiger partial charge is 0.261 e. The lowest BCUT2D eigenvalue weighted by molar-refractivity contribution is -0.128. The number of benzene rings is 2. The van der Waals surface area contributed by atoms with E-state index in [1.165, 1.54) is 0 Å². The molecule has 0 fully saturated rings. The van der Waals surface area contributed by atoms with Crippen molar-refractivity contribution < 1.29 is 14.3 Å². The Balaban J connectivity index is 1.74. The molecule has 5 heteroatoms. The van der Waals surface area contributed by atoms with E-state index < -0.39 is 6.10 Å². The van der Waals surface area contributed by atoms with Gasteiger partial charge in [0.1, 0.15) is 17.1 Å². The van der Waals surface area contributed by atoms with Gasteiger partial charge in [-0.3, -0.25) is 4.79 Å². The van der Waals surface area contributed by atoms with Crippen molar-refractivity contribution in [2.75, 3.05) is 0 Å². The zero-order chi connectivity index (χ0) is 18.9. The third-order valence-electron chi connectivity index (χ3n) is 4.42. The number of aryl methyl sites for hydroxylation is 1. The van der Waals surface area contributed by atoms with Crippen molar-refractivity contribution in [3.63, 3.8) is 0 Å². The van der Waals surface area contributed by atoms with E-state index in [0.717, 1.165) is 16.9 Å². The minimum Gasteiger partial charge on any atom is -0.487 e. The highest BCUT2D eigenvalue weighted by molar-refractivity contribution is 6.30. The molecule has 0 unspecified atom stereocenters. The van der Waals surface area contributed by atoms with E-state index in [-0.39, 0.29) is 17.6 Å². The van der Waals surface area contributed by atoms with Crippen LogP contribution in [0.5, 0.6) is 11.5 Å². The number of amides is 1. The van der Waals surface area contributed by atoms with Crippen molar-refractivity contribution in [3.8, 4) is 11.5 Å². The van der Waals surface area contributed by atoms with Gasteiger partial charge in [-0.05, 0) is 57.5 Å². The highest BCUT2D eigenvalue weighted by Gasteiger charge is 2.35. The molecule has 1 amide bonds. The van der Waals surface area contributed by atoms with Crippen molar-refractivity contribution in [2.24, 2.45) is 0 Å². The van der Waals surface area contributed by atoms with Crippen LogP contribution in [-0.2, 0) is 4.79 Å². The first-order chi connectivity index (χ1) is 12.2. The van der Waals surface area contributed by atoms with E-state index in [0.29, 0.717) is 17.2 Å². The van der Waals surface area contributed by atoms with Gasteiger partial charge in [0.25, 0.3) is 5.91 Å². The number of ether oxygens (including phenoxy) is 2. The molecule has 0 radical (unpaired) electrons. The lowest BCUT2D eigenvalue weighted by Crippen LogP contribution is -2.44. The van der Waals surface area contributed by atoms with Gasteiger partial charge in [-0.15, -0.1) is 0 Å². The molecule has 1 aliphatic rings. The summed E-state index contributed by atoms with van der Waals surface area (Å²) in [7, 11) is 0. The third-order valence-corrected chi connectivity index (χ3v) is 4.66. The number of carbonyl (C=O) groups excluding carboxylic acids is 1. The minimum absolute atomic E-state index is 0.118. The third kappa shape index (κ3) is 4.31. The fourth-order valence-corrected chi connectivity index (χ4v) is 3.35. The summed E-state index contributed by atoms with van der Waals surface area (Å²) in [5.41, 5.74) is 1.78. The summed E-state index contributed by atoms with van der Waals surface area (Å²) >= 11 is 5.97. The van der Waals surface area contributed by atoms with Gasteiger partial charge < -0.3 is 14.8 Å². The van der Waals surface area contributed by atoms with Crippen LogP contribution in [0.4, 0.5) is 0 Å². The molecule has 4 nitrogen and oxygen atoms in total. The molecule has 0 spiro atoms. The van der Waals surface area contributed by atoms with E-state index in [1.54, 1.807) is 31.2 Å². The fraction of sp³-hybridized carbons (Fsp3) is 0.381. The Morgan fingerprint density at radius 3 is 2.81 bits per heavy atom. The first kappa shape index (κ1) is 18.6. The average Bonchev–Trinajstić information content (AvgIpc) is 2.53. The van der Waals surface area contributed by atoms with Crippen molar-refractivity contribution in [1.82, 2.24) is 5.32 Å². The molecule has 0 aliphatic carbocycles. The molecular formula is C21H24ClNO3. The van der Waals surface area contributed by atoms with Crippen LogP contribution < -0.4 is 14.8 Å². The van der Waals surface area contributed by atoms with Crippen LogP contribution in [0.25, 0.3) is 0 Å². The van der Waals surface area contributed by atoms with E-state index in [9.17, 15) is 4.79 Å². The molecule has 0 bridgehead atoms. The minimum atomic E-state index is -0.631. The quantitative estimate of drug-likeness (QED) is 0.834. The lowest BCUT2D eigenvalue weighted by atomic mass is 9.89. The Morgan fingerprint density at radius 1 is 1.31 bits per heavy atom. The number of hydrogen-bond acceptors (Lipinski definition) is 3. The van der Waals surface area contributed by atoms with Gasteiger partial charge in [0.05, 0.1) is 6.04 Å². The molecule has 1 N–H and O–H groups in total. The zero-order valence-electron chi connectivity index (χ0n) is 15.5. The highest BCUT2D eigenvalue weighted by atomic mass is 35.5. The number of rotatable bonds is 4. The number of halogens is 1. The Morgan fingerprint density at radius 2 is 2.08 bits per heavy atom. The van der Waals surface area contributed by atoms with Crippen LogP contribution in [0.3, 0.4) is 0 Å². The number of fused-ring (bicyclic) bond motifs is 1. The zero-order valence-corrected chi connectivity index (χ0v) is 16.3. The summed E-state index contributed by atoms with van der Waals surface area (Å²) in [5, 5.41) is 3.68. The SMILES string of the molecule is Cc1ccc2c(c1)OC(C)(C)C[C@H]2NC(=O)[C@@H](C)Oc1cccc(Cl)c1. The predicted octanol–water partition coefficient (Wildman–Crippen LogP) is 4.83. The molecule has 0 aromatic heterocycles. The first-order valence-electron chi connectivity index (χ1n) is 8.76. The summed E-state index contributed by atoms with van der Waals surface area (Å²) in [6.07, 6.45) is 0.0620. The maximum absolute atomic E-state index is 12.7. The van der Waals surface area contributed by atoms with E-state index in [1.807, 2.05) is 39.0 Å². The molecule has 2 aromatic rings. The molecular weight excluding hydrogens is 350 g/mol. The summed E-state index contributed by atoms with van der Waals surface area (Å²) in [6, 6.07) is 13.0. The van der Waals surface area contributed by atoms with Gasteiger partial charge in [0.15, 0.2) is 6.10 Å². The molecule has 0 saturated heterocycles. The van der Waals surface area contributed by atoms with Gasteiger partial charge in [-0.1, -0.05) is 29.8 Å². The van der Waals surface area contributed by atoms with Crippen molar-refractivity contribution >= 4 is 17.5 Å². The molecule has 138 valence electrons. The highest BCUT2D eigenvalue weighted by Crippen LogP contribution is 2.39. The Labute approximate surface area is 159 Å². The normalized spacial score (nSPS) is 19.0. The van der Waals surface area contributed by atoms with Gasteiger partial charge in [-0.2, -0.15) is 0 Å². The van der Waals surface area contributed by atoms with Gasteiger partial charge in [0, 0.05) is 17.0 Å². The van der Waals surface area contributed by atoms with Crippen molar-refractivity contribution in [1.29, 1.82) is 0 Å². The average molecular weight is 374 g/mol. The summed E-state index contributed by atoms with van der Waals surface area (Å²) in [5.74, 6) is 1.23. The topological polar surface area (TPSA) is 47.6 Å². The largest absolute Gasteiger partial charge is 0.487 e. The molecule has 2 atom stereocenters. The van der Waals surface area contributed by atoms with E-state index in [4.69, 9.17) is 21.1 Å². The Bertz CT molecular complexity index is 819. The van der Waals surface area contributed by atoms with E-state index >= 15 is 0 Å². The fourth-order valence-electron chi connectivity index (χ4n) is 3.17. The van der Waals surface area contributed by atoms with Crippen LogP contribution in [0.2, 0.25) is 5.02 Å². The maximum atomic E-state index is 12.7. The molecule has 3 rings (SSSR count). The van der Waals surface area contributed by atoms with Gasteiger partial charge >= 0.3 is 0 Å². The van der Waals surface area contributed by atoms with Crippen molar-refractivity contribution in [2.45, 2.75) is 51.9 Å². The second-order valence-electron chi connectivity index (χ2n) is 7.39. The van der Waals surface area contributed by atoms with Crippen molar-refractivity contribution in [3.05, 3.63) is 58.6 Å². The lowest BCUT2D eigenvalue weighted by Gasteiger charge is -2.38. The molecule has 26 heavy (non-hydrogen) atoms. The van der Waals surface area contributed by atoms with Crippen LogP contribution in [0.1, 0.15) is 44.4 Å². The standard InChI is InChI=1S/C21H24ClNO3/c1-13-8-9-17-18(12-21(3,4)26-19(17)10-13)23-20(24)14(2)25-16-7-5-6-15(22)11-16/h5-11,14,18H,12H2,1-4H3,(H,23,24)/t14-,18-/m1/s1. The van der Waals surface area contributed by atoms with Crippen LogP contribution >= 0.6 is 11.6 Å². The molecule has 1 heterocycles. The van der Waals surface area contributed by atoms with Gasteiger partial charge in [-0.25, -0.2) is 0 Å². The van der Waals surface area contributed by atoms with Crippen LogP contribution in [-0.4, -0.2) is 17.6 Å². The second-order valence-corrected chi connectivity index (χ2v) is 7.82. The maximum Gasteiger partial charge on any atom is 0.261 e. The molecule has 1 aliphatic heterocycles. The monoisotopic (exact) mass is 373 g/mol. The van der Waals surface area contributed by atoms with Crippen LogP contribution in [0.15, 0.2) is 42.5 Å². The second kappa shape index (κ2) is 7.20. The number of carbonyl (C=O) groups is 1.